The van der Waals surface area contributed by atoms with Crippen LogP contribution in [0.1, 0.15) is 49.9 Å². The molecule has 2 fully saturated rings. The number of hydrogen-bond donors (Lipinski definition) is 2. The van der Waals surface area contributed by atoms with Crippen LogP contribution in [0.25, 0.3) is 22.1 Å². The summed E-state index contributed by atoms with van der Waals surface area (Å²) in [7, 11) is 0. The van der Waals surface area contributed by atoms with Crippen LogP contribution < -0.4 is 10.5 Å². The van der Waals surface area contributed by atoms with Gasteiger partial charge in [-0.3, -0.25) is 4.79 Å². The molecule has 0 bridgehead atoms. The van der Waals surface area contributed by atoms with Crippen molar-refractivity contribution in [2.45, 2.75) is 44.1 Å². The average Bonchev–Trinajstić information content (AvgIpc) is 3.32. The molecule has 0 spiro atoms. The number of imidazole rings is 1. The molecule has 4 heterocycles. The van der Waals surface area contributed by atoms with Gasteiger partial charge in [-0.1, -0.05) is 31.4 Å². The number of para-hydroxylation sites is 2. The summed E-state index contributed by atoms with van der Waals surface area (Å²) in [6.07, 6.45) is 7.62. The molecule has 8 heteroatoms. The fraction of sp³-hybridized carbons (Fsp3) is 0.429. The Morgan fingerprint density at radius 1 is 1.00 bits per heavy atom. The highest BCUT2D eigenvalue weighted by Crippen LogP contribution is 2.32. The number of hydrogen-bond acceptors (Lipinski definition) is 5. The molecule has 6 rings (SSSR count). The van der Waals surface area contributed by atoms with E-state index < -0.39 is 0 Å². The SMILES string of the molecule is O=c1[nH]c(C2CN(c3nc4ccccc4[nH]3)C2)nc2c1cnn2C1CCCCC1. The third-order valence-electron chi connectivity index (χ3n) is 6.35. The monoisotopic (exact) mass is 389 g/mol. The minimum absolute atomic E-state index is 0.0887. The van der Waals surface area contributed by atoms with Gasteiger partial charge >= 0.3 is 0 Å². The minimum Gasteiger partial charge on any atom is -0.341 e. The number of benzene rings is 1. The molecule has 3 aromatic heterocycles. The molecule has 0 amide bonds. The van der Waals surface area contributed by atoms with Gasteiger partial charge in [0.05, 0.1) is 29.2 Å². The Kier molecular flexibility index (Phi) is 3.72. The van der Waals surface area contributed by atoms with Gasteiger partial charge in [0, 0.05) is 13.1 Å². The van der Waals surface area contributed by atoms with Crippen molar-refractivity contribution in [2.24, 2.45) is 0 Å². The van der Waals surface area contributed by atoms with E-state index in [1.165, 1.54) is 19.3 Å². The van der Waals surface area contributed by atoms with Gasteiger partial charge in [-0.15, -0.1) is 0 Å². The summed E-state index contributed by atoms with van der Waals surface area (Å²) < 4.78 is 1.99. The van der Waals surface area contributed by atoms with E-state index in [0.717, 1.165) is 54.4 Å². The predicted octanol–water partition coefficient (Wildman–Crippen LogP) is 3.10. The van der Waals surface area contributed by atoms with Gasteiger partial charge < -0.3 is 14.9 Å². The summed E-state index contributed by atoms with van der Waals surface area (Å²) >= 11 is 0. The fourth-order valence-electron chi connectivity index (χ4n) is 4.65. The van der Waals surface area contributed by atoms with Gasteiger partial charge in [-0.25, -0.2) is 14.6 Å². The quantitative estimate of drug-likeness (QED) is 0.561. The molecular weight excluding hydrogens is 366 g/mol. The highest BCUT2D eigenvalue weighted by Gasteiger charge is 2.33. The van der Waals surface area contributed by atoms with E-state index in [-0.39, 0.29) is 11.5 Å². The van der Waals surface area contributed by atoms with Crippen molar-refractivity contribution in [3.05, 3.63) is 46.6 Å². The molecule has 2 aliphatic rings. The summed E-state index contributed by atoms with van der Waals surface area (Å²) in [6.45, 7) is 1.57. The standard InChI is InChI=1S/C21H23N7O/c29-20-15-10-22-28(14-6-2-1-3-7-14)19(15)25-18(26-20)13-11-27(12-13)21-23-16-8-4-5-9-17(16)24-21/h4-5,8-10,13-14H,1-3,6-7,11-12H2,(H,23,24)(H,25,26,29). The van der Waals surface area contributed by atoms with E-state index in [1.807, 2.05) is 28.9 Å². The maximum atomic E-state index is 12.6. The van der Waals surface area contributed by atoms with Crippen LogP contribution in [0.4, 0.5) is 5.95 Å². The summed E-state index contributed by atoms with van der Waals surface area (Å²) in [5.74, 6) is 1.82. The Morgan fingerprint density at radius 2 is 1.83 bits per heavy atom. The van der Waals surface area contributed by atoms with Crippen LogP contribution in [-0.4, -0.2) is 42.8 Å². The number of fused-ring (bicyclic) bond motifs is 2. The highest BCUT2D eigenvalue weighted by atomic mass is 16.1. The Bertz CT molecular complexity index is 1210. The number of aromatic amines is 2. The summed E-state index contributed by atoms with van der Waals surface area (Å²) in [4.78, 5) is 30.7. The van der Waals surface area contributed by atoms with E-state index >= 15 is 0 Å². The lowest BCUT2D eigenvalue weighted by molar-refractivity contribution is 0.335. The molecular formula is C21H23N7O. The fourth-order valence-corrected chi connectivity index (χ4v) is 4.65. The second kappa shape index (κ2) is 6.43. The van der Waals surface area contributed by atoms with Crippen molar-refractivity contribution >= 4 is 28.0 Å². The summed E-state index contributed by atoms with van der Waals surface area (Å²) in [5, 5.41) is 5.11. The lowest BCUT2D eigenvalue weighted by atomic mass is 9.96. The Morgan fingerprint density at radius 3 is 2.66 bits per heavy atom. The Balaban J connectivity index is 1.28. The largest absolute Gasteiger partial charge is 0.341 e. The van der Waals surface area contributed by atoms with Crippen molar-refractivity contribution in [3.63, 3.8) is 0 Å². The number of H-pyrrole nitrogens is 2. The molecule has 148 valence electrons. The van der Waals surface area contributed by atoms with Crippen LogP contribution >= 0.6 is 0 Å². The van der Waals surface area contributed by atoms with Crippen LogP contribution in [0, 0.1) is 0 Å². The van der Waals surface area contributed by atoms with Crippen LogP contribution in [-0.2, 0) is 0 Å². The molecule has 1 aromatic carbocycles. The number of rotatable bonds is 3. The van der Waals surface area contributed by atoms with Gasteiger partial charge in [0.15, 0.2) is 5.65 Å². The summed E-state index contributed by atoms with van der Waals surface area (Å²) in [6, 6.07) is 8.39. The highest BCUT2D eigenvalue weighted by molar-refractivity contribution is 5.77. The molecule has 1 aliphatic carbocycles. The molecule has 29 heavy (non-hydrogen) atoms. The Hall–Kier alpha value is -3.16. The van der Waals surface area contributed by atoms with Gasteiger partial charge in [-0.2, -0.15) is 5.10 Å². The normalized spacial score (nSPS) is 18.6. The molecule has 0 unspecified atom stereocenters. The molecule has 1 saturated heterocycles. The molecule has 1 saturated carbocycles. The van der Waals surface area contributed by atoms with Gasteiger partial charge in [-0.05, 0) is 25.0 Å². The second-order valence-electron chi connectivity index (χ2n) is 8.25. The first-order valence-corrected chi connectivity index (χ1v) is 10.4. The predicted molar refractivity (Wildman–Crippen MR) is 111 cm³/mol. The van der Waals surface area contributed by atoms with Gasteiger partial charge in [0.25, 0.3) is 5.56 Å². The third kappa shape index (κ3) is 2.73. The van der Waals surface area contributed by atoms with Crippen LogP contribution in [0.15, 0.2) is 35.3 Å². The van der Waals surface area contributed by atoms with Crippen LogP contribution in [0.2, 0.25) is 0 Å². The van der Waals surface area contributed by atoms with E-state index in [0.29, 0.717) is 11.4 Å². The van der Waals surface area contributed by atoms with Crippen molar-refractivity contribution in [1.82, 2.24) is 29.7 Å². The van der Waals surface area contributed by atoms with E-state index in [4.69, 9.17) is 4.98 Å². The van der Waals surface area contributed by atoms with Crippen LogP contribution in [0.3, 0.4) is 0 Å². The van der Waals surface area contributed by atoms with Crippen molar-refractivity contribution in [2.75, 3.05) is 18.0 Å². The number of nitrogens with one attached hydrogen (secondary N) is 2. The first-order chi connectivity index (χ1) is 14.3. The minimum atomic E-state index is -0.0887. The molecule has 4 aromatic rings. The zero-order chi connectivity index (χ0) is 19.4. The van der Waals surface area contributed by atoms with Crippen molar-refractivity contribution < 1.29 is 0 Å². The lowest BCUT2D eigenvalue weighted by Gasteiger charge is -2.38. The summed E-state index contributed by atoms with van der Waals surface area (Å²) in [5.41, 5.74) is 2.65. The smallest absolute Gasteiger partial charge is 0.262 e. The van der Waals surface area contributed by atoms with Crippen molar-refractivity contribution in [3.8, 4) is 0 Å². The zero-order valence-corrected chi connectivity index (χ0v) is 16.1. The van der Waals surface area contributed by atoms with Gasteiger partial charge in [0.2, 0.25) is 5.95 Å². The lowest BCUT2D eigenvalue weighted by Crippen LogP contribution is -2.46. The third-order valence-corrected chi connectivity index (χ3v) is 6.35. The second-order valence-corrected chi connectivity index (χ2v) is 8.25. The zero-order valence-electron chi connectivity index (χ0n) is 16.1. The molecule has 1 aliphatic heterocycles. The van der Waals surface area contributed by atoms with Crippen LogP contribution in [0.5, 0.6) is 0 Å². The Labute approximate surface area is 167 Å². The maximum absolute atomic E-state index is 12.6. The first-order valence-electron chi connectivity index (χ1n) is 10.4. The molecule has 2 N–H and O–H groups in total. The number of nitrogens with zero attached hydrogens (tertiary/aromatic N) is 5. The van der Waals surface area contributed by atoms with Crippen molar-refractivity contribution in [1.29, 1.82) is 0 Å². The topological polar surface area (TPSA) is 95.5 Å². The first kappa shape index (κ1) is 16.8. The van der Waals surface area contributed by atoms with Gasteiger partial charge in [0.1, 0.15) is 11.2 Å². The maximum Gasteiger partial charge on any atom is 0.262 e. The number of anilines is 1. The van der Waals surface area contributed by atoms with E-state index in [9.17, 15) is 4.79 Å². The van der Waals surface area contributed by atoms with E-state index in [2.05, 4.69) is 25.0 Å². The van der Waals surface area contributed by atoms with E-state index in [1.54, 1.807) is 6.20 Å². The molecule has 0 radical (unpaired) electrons. The number of aromatic nitrogens is 6. The molecule has 0 atom stereocenters. The average molecular weight is 389 g/mol. The molecule has 8 nitrogen and oxygen atoms in total.